The van der Waals surface area contributed by atoms with Crippen LogP contribution in [0.2, 0.25) is 0 Å². The van der Waals surface area contributed by atoms with Crippen LogP contribution in [0.3, 0.4) is 0 Å². The van der Waals surface area contributed by atoms with E-state index in [1.165, 1.54) is 11.6 Å². The standard InChI is InChI=1S/C24H35FN4/c1-24(2,3)19-6-9-21(10-7-19)27-22-11-8-20(25)18-23(22)26-12-5-13-29-16-14-28(4)15-17-29/h6-11,18,26-27H,5,12-17H2,1-4H3. The summed E-state index contributed by atoms with van der Waals surface area (Å²) in [5.41, 5.74) is 4.14. The molecular formula is C24H35FN4. The zero-order valence-electron chi connectivity index (χ0n) is 18.3. The lowest BCUT2D eigenvalue weighted by Gasteiger charge is -2.32. The van der Waals surface area contributed by atoms with Crippen molar-refractivity contribution >= 4 is 17.1 Å². The van der Waals surface area contributed by atoms with Gasteiger partial charge in [-0.15, -0.1) is 0 Å². The molecule has 3 rings (SSSR count). The number of rotatable bonds is 7. The monoisotopic (exact) mass is 398 g/mol. The number of piperazine rings is 1. The summed E-state index contributed by atoms with van der Waals surface area (Å²) in [5.74, 6) is -0.222. The second-order valence-corrected chi connectivity index (χ2v) is 9.07. The summed E-state index contributed by atoms with van der Waals surface area (Å²) in [7, 11) is 2.17. The lowest BCUT2D eigenvalue weighted by atomic mass is 9.87. The van der Waals surface area contributed by atoms with Gasteiger partial charge in [0.1, 0.15) is 5.82 Å². The van der Waals surface area contributed by atoms with E-state index in [4.69, 9.17) is 0 Å². The van der Waals surface area contributed by atoms with Gasteiger partial charge in [-0.05, 0) is 61.3 Å². The second kappa shape index (κ2) is 9.59. The van der Waals surface area contributed by atoms with Crippen molar-refractivity contribution in [1.82, 2.24) is 9.80 Å². The third-order valence-electron chi connectivity index (χ3n) is 5.57. The van der Waals surface area contributed by atoms with Gasteiger partial charge in [0.15, 0.2) is 0 Å². The molecule has 0 aromatic heterocycles. The van der Waals surface area contributed by atoms with Gasteiger partial charge in [0.05, 0.1) is 11.4 Å². The van der Waals surface area contributed by atoms with Crippen molar-refractivity contribution in [3.05, 3.63) is 53.8 Å². The van der Waals surface area contributed by atoms with Crippen LogP contribution < -0.4 is 10.6 Å². The SMILES string of the molecule is CN1CCN(CCCNc2cc(F)ccc2Nc2ccc(C(C)(C)C)cc2)CC1. The van der Waals surface area contributed by atoms with E-state index >= 15 is 0 Å². The summed E-state index contributed by atoms with van der Waals surface area (Å²) in [6.07, 6.45) is 1.04. The van der Waals surface area contributed by atoms with Crippen molar-refractivity contribution in [2.75, 3.05) is 56.9 Å². The van der Waals surface area contributed by atoms with Crippen LogP contribution in [-0.2, 0) is 5.41 Å². The molecule has 0 aliphatic carbocycles. The van der Waals surface area contributed by atoms with Gasteiger partial charge in [-0.2, -0.15) is 0 Å². The highest BCUT2D eigenvalue weighted by Gasteiger charge is 2.14. The fourth-order valence-corrected chi connectivity index (χ4v) is 3.58. The first-order valence-electron chi connectivity index (χ1n) is 10.6. The van der Waals surface area contributed by atoms with Crippen LogP contribution in [0.1, 0.15) is 32.8 Å². The summed E-state index contributed by atoms with van der Waals surface area (Å²) >= 11 is 0. The normalized spacial score (nSPS) is 16.0. The Balaban J connectivity index is 1.56. The van der Waals surface area contributed by atoms with E-state index < -0.39 is 0 Å². The molecule has 5 heteroatoms. The highest BCUT2D eigenvalue weighted by Crippen LogP contribution is 2.28. The number of hydrogen-bond donors (Lipinski definition) is 2. The smallest absolute Gasteiger partial charge is 0.125 e. The summed E-state index contributed by atoms with van der Waals surface area (Å²) in [6, 6.07) is 13.3. The first kappa shape index (κ1) is 21.6. The molecule has 0 saturated carbocycles. The van der Waals surface area contributed by atoms with Crippen molar-refractivity contribution in [3.63, 3.8) is 0 Å². The van der Waals surface area contributed by atoms with E-state index in [2.05, 4.69) is 72.5 Å². The zero-order chi connectivity index (χ0) is 20.9. The van der Waals surface area contributed by atoms with E-state index in [0.29, 0.717) is 0 Å². The number of nitrogens with one attached hydrogen (secondary N) is 2. The van der Waals surface area contributed by atoms with Crippen molar-refractivity contribution in [3.8, 4) is 0 Å². The van der Waals surface area contributed by atoms with Crippen molar-refractivity contribution in [1.29, 1.82) is 0 Å². The Morgan fingerprint density at radius 2 is 1.62 bits per heavy atom. The first-order chi connectivity index (χ1) is 13.8. The number of anilines is 3. The zero-order valence-corrected chi connectivity index (χ0v) is 18.3. The maximum Gasteiger partial charge on any atom is 0.125 e. The fraction of sp³-hybridized carbons (Fsp3) is 0.500. The predicted molar refractivity (Wildman–Crippen MR) is 122 cm³/mol. The number of hydrogen-bond acceptors (Lipinski definition) is 4. The van der Waals surface area contributed by atoms with Crippen LogP contribution in [0.25, 0.3) is 0 Å². The Kier molecular flexibility index (Phi) is 7.14. The van der Waals surface area contributed by atoms with Gasteiger partial charge >= 0.3 is 0 Å². The van der Waals surface area contributed by atoms with Gasteiger partial charge < -0.3 is 20.4 Å². The largest absolute Gasteiger partial charge is 0.383 e. The average Bonchev–Trinajstić information content (AvgIpc) is 2.68. The van der Waals surface area contributed by atoms with Gasteiger partial charge in [0, 0.05) is 38.4 Å². The van der Waals surface area contributed by atoms with E-state index in [0.717, 1.165) is 62.8 Å². The minimum Gasteiger partial charge on any atom is -0.383 e. The molecule has 0 atom stereocenters. The van der Waals surface area contributed by atoms with Crippen LogP contribution in [0, 0.1) is 5.82 Å². The fourth-order valence-electron chi connectivity index (χ4n) is 3.58. The van der Waals surface area contributed by atoms with Gasteiger partial charge in [-0.25, -0.2) is 4.39 Å². The molecule has 1 aliphatic heterocycles. The number of benzene rings is 2. The van der Waals surface area contributed by atoms with Crippen LogP contribution in [0.15, 0.2) is 42.5 Å². The molecule has 0 amide bonds. The number of nitrogens with zero attached hydrogens (tertiary/aromatic N) is 2. The van der Waals surface area contributed by atoms with Crippen LogP contribution in [0.5, 0.6) is 0 Å². The Morgan fingerprint density at radius 3 is 2.28 bits per heavy atom. The molecule has 158 valence electrons. The maximum atomic E-state index is 13.8. The molecule has 4 nitrogen and oxygen atoms in total. The highest BCUT2D eigenvalue weighted by atomic mass is 19.1. The van der Waals surface area contributed by atoms with E-state index in [1.54, 1.807) is 12.1 Å². The molecule has 2 aromatic rings. The average molecular weight is 399 g/mol. The van der Waals surface area contributed by atoms with Crippen molar-refractivity contribution in [2.24, 2.45) is 0 Å². The van der Waals surface area contributed by atoms with Crippen LogP contribution >= 0.6 is 0 Å². The summed E-state index contributed by atoms with van der Waals surface area (Å²) < 4.78 is 13.8. The van der Waals surface area contributed by atoms with Gasteiger partial charge in [-0.1, -0.05) is 32.9 Å². The minimum atomic E-state index is -0.222. The first-order valence-corrected chi connectivity index (χ1v) is 10.6. The molecule has 1 saturated heterocycles. The van der Waals surface area contributed by atoms with Crippen LogP contribution in [-0.4, -0.2) is 56.1 Å². The molecule has 2 N–H and O–H groups in total. The highest BCUT2D eigenvalue weighted by molar-refractivity contribution is 5.74. The Hall–Kier alpha value is -2.11. The quantitative estimate of drug-likeness (QED) is 0.649. The van der Waals surface area contributed by atoms with Gasteiger partial charge in [0.25, 0.3) is 0 Å². The van der Waals surface area contributed by atoms with E-state index in [-0.39, 0.29) is 11.2 Å². The molecular weight excluding hydrogens is 363 g/mol. The molecule has 1 heterocycles. The maximum absolute atomic E-state index is 13.8. The summed E-state index contributed by atoms with van der Waals surface area (Å²) in [4.78, 5) is 4.87. The van der Waals surface area contributed by atoms with E-state index in [1.807, 2.05) is 0 Å². The summed E-state index contributed by atoms with van der Waals surface area (Å²) in [5, 5.41) is 6.85. The minimum absolute atomic E-state index is 0.130. The molecule has 0 unspecified atom stereocenters. The Bertz CT molecular complexity index is 774. The molecule has 2 aromatic carbocycles. The third kappa shape index (κ3) is 6.44. The molecule has 0 radical (unpaired) electrons. The molecule has 1 fully saturated rings. The van der Waals surface area contributed by atoms with Gasteiger partial charge in [0.2, 0.25) is 0 Å². The molecule has 1 aliphatic rings. The number of likely N-dealkylation sites (N-methyl/N-ethyl adjacent to an activating group) is 1. The van der Waals surface area contributed by atoms with E-state index in [9.17, 15) is 4.39 Å². The molecule has 0 spiro atoms. The lowest BCUT2D eigenvalue weighted by Crippen LogP contribution is -2.44. The predicted octanol–water partition coefficient (Wildman–Crippen LogP) is 4.92. The third-order valence-corrected chi connectivity index (χ3v) is 5.57. The van der Waals surface area contributed by atoms with Crippen LogP contribution in [0.4, 0.5) is 21.5 Å². The molecule has 29 heavy (non-hydrogen) atoms. The number of halogens is 1. The van der Waals surface area contributed by atoms with Gasteiger partial charge in [-0.3, -0.25) is 0 Å². The molecule has 0 bridgehead atoms. The van der Waals surface area contributed by atoms with Crippen molar-refractivity contribution < 1.29 is 4.39 Å². The Morgan fingerprint density at radius 1 is 0.931 bits per heavy atom. The topological polar surface area (TPSA) is 30.5 Å². The lowest BCUT2D eigenvalue weighted by molar-refractivity contribution is 0.154. The Labute approximate surface area is 175 Å². The second-order valence-electron chi connectivity index (χ2n) is 9.07. The summed E-state index contributed by atoms with van der Waals surface area (Å²) in [6.45, 7) is 13.1. The van der Waals surface area contributed by atoms with Crippen molar-refractivity contribution in [2.45, 2.75) is 32.6 Å².